The first-order chi connectivity index (χ1) is 10.3. The monoisotopic (exact) mass is 380 g/mol. The first-order valence-corrected chi connectivity index (χ1v) is 7.07. The van der Waals surface area contributed by atoms with Gasteiger partial charge in [0.1, 0.15) is 0 Å². The first-order valence-electron chi connectivity index (χ1n) is 6.28. The van der Waals surface area contributed by atoms with E-state index in [4.69, 9.17) is 9.47 Å². The lowest BCUT2D eigenvalue weighted by Crippen LogP contribution is -2.41. The Morgan fingerprint density at radius 3 is 2.64 bits per heavy atom. The van der Waals surface area contributed by atoms with Crippen LogP contribution in [0.1, 0.15) is 12.5 Å². The van der Waals surface area contributed by atoms with Gasteiger partial charge in [0.05, 0.1) is 19.3 Å². The maximum atomic E-state index is 13.2. The lowest BCUT2D eigenvalue weighted by molar-refractivity contribution is -0.188. The molecule has 1 aliphatic rings. The minimum atomic E-state index is -4.76. The van der Waals surface area contributed by atoms with E-state index < -0.39 is 23.8 Å². The molecular formula is C14H12BrF3O4. The van der Waals surface area contributed by atoms with Crippen LogP contribution >= 0.6 is 15.9 Å². The molecule has 22 heavy (non-hydrogen) atoms. The quantitative estimate of drug-likeness (QED) is 0.749. The molecule has 0 fully saturated rings. The molecule has 0 amide bonds. The van der Waals surface area contributed by atoms with Crippen molar-refractivity contribution in [1.29, 1.82) is 0 Å². The van der Waals surface area contributed by atoms with Crippen molar-refractivity contribution in [2.24, 2.45) is 0 Å². The van der Waals surface area contributed by atoms with Crippen LogP contribution in [-0.2, 0) is 9.53 Å². The third kappa shape index (κ3) is 3.06. The zero-order valence-electron chi connectivity index (χ0n) is 11.7. The zero-order chi connectivity index (χ0) is 16.5. The third-order valence-corrected chi connectivity index (χ3v) is 3.64. The van der Waals surface area contributed by atoms with E-state index in [2.05, 4.69) is 20.7 Å². The van der Waals surface area contributed by atoms with E-state index in [1.54, 1.807) is 6.07 Å². The molecule has 1 aromatic carbocycles. The van der Waals surface area contributed by atoms with Gasteiger partial charge in [-0.1, -0.05) is 15.9 Å². The van der Waals surface area contributed by atoms with Crippen LogP contribution in [0.4, 0.5) is 13.2 Å². The van der Waals surface area contributed by atoms with Crippen LogP contribution in [0.2, 0.25) is 0 Å². The molecule has 0 N–H and O–H groups in total. The van der Waals surface area contributed by atoms with Crippen molar-refractivity contribution in [3.63, 3.8) is 0 Å². The van der Waals surface area contributed by atoms with Crippen LogP contribution in [-0.4, -0.2) is 32.0 Å². The minimum Gasteiger partial charge on any atom is -0.493 e. The summed E-state index contributed by atoms with van der Waals surface area (Å²) in [6, 6.07) is 3.06. The molecule has 0 saturated heterocycles. The van der Waals surface area contributed by atoms with E-state index in [0.29, 0.717) is 10.0 Å². The lowest BCUT2D eigenvalue weighted by atomic mass is 10.0. The smallest absolute Gasteiger partial charge is 0.430 e. The molecule has 1 unspecified atom stereocenters. The highest BCUT2D eigenvalue weighted by Gasteiger charge is 2.49. The fraction of sp³-hybridized carbons (Fsp3) is 0.357. The Kier molecular flexibility index (Phi) is 4.69. The van der Waals surface area contributed by atoms with E-state index in [0.717, 1.165) is 6.08 Å². The van der Waals surface area contributed by atoms with Gasteiger partial charge in [0, 0.05) is 10.0 Å². The Morgan fingerprint density at radius 2 is 2.09 bits per heavy atom. The second kappa shape index (κ2) is 6.20. The molecule has 8 heteroatoms. The summed E-state index contributed by atoms with van der Waals surface area (Å²) in [5.41, 5.74) is -0.307. The van der Waals surface area contributed by atoms with Crippen molar-refractivity contribution in [1.82, 2.24) is 0 Å². The molecule has 1 heterocycles. The summed E-state index contributed by atoms with van der Waals surface area (Å²) in [5, 5.41) is 0. The van der Waals surface area contributed by atoms with Crippen molar-refractivity contribution in [2.45, 2.75) is 19.2 Å². The van der Waals surface area contributed by atoms with Crippen molar-refractivity contribution >= 4 is 28.0 Å². The molecular weight excluding hydrogens is 369 g/mol. The van der Waals surface area contributed by atoms with Gasteiger partial charge >= 0.3 is 12.1 Å². The van der Waals surface area contributed by atoms with Gasteiger partial charge in [-0.15, -0.1) is 0 Å². The lowest BCUT2D eigenvalue weighted by Gasteiger charge is -2.29. The van der Waals surface area contributed by atoms with E-state index in [1.807, 2.05) is 0 Å². The number of hydrogen-bond acceptors (Lipinski definition) is 4. The Bertz CT molecular complexity index is 625. The van der Waals surface area contributed by atoms with Crippen molar-refractivity contribution < 1.29 is 32.2 Å². The predicted molar refractivity (Wildman–Crippen MR) is 75.8 cm³/mol. The third-order valence-electron chi connectivity index (χ3n) is 2.95. The molecule has 0 aromatic heterocycles. The summed E-state index contributed by atoms with van der Waals surface area (Å²) in [6.07, 6.45) is -6.05. The molecule has 2 rings (SSSR count). The van der Waals surface area contributed by atoms with Gasteiger partial charge in [-0.3, -0.25) is 0 Å². The molecule has 4 nitrogen and oxygen atoms in total. The molecule has 0 aliphatic carbocycles. The van der Waals surface area contributed by atoms with Crippen molar-refractivity contribution in [2.75, 3.05) is 13.7 Å². The number of halogens is 4. The van der Waals surface area contributed by atoms with Crippen molar-refractivity contribution in [3.8, 4) is 11.5 Å². The fourth-order valence-corrected chi connectivity index (χ4v) is 2.44. The summed E-state index contributed by atoms with van der Waals surface area (Å²) in [5.74, 6) is -0.996. The Hall–Kier alpha value is -1.70. The van der Waals surface area contributed by atoms with Crippen LogP contribution in [0.25, 0.3) is 6.08 Å². The molecule has 0 bridgehead atoms. The van der Waals surface area contributed by atoms with E-state index >= 15 is 0 Å². The number of benzene rings is 1. The van der Waals surface area contributed by atoms with Gasteiger partial charge in [0.2, 0.25) is 6.10 Å². The van der Waals surface area contributed by atoms with Crippen molar-refractivity contribution in [3.05, 3.63) is 27.7 Å². The minimum absolute atomic E-state index is 0.0348. The standard InChI is InChI=1S/C14H12BrF3O4/c1-3-21-13(19)8-6-7-9(15)4-5-10(20-2)11(7)22-12(8)14(16,17)18/h4-6,12H,3H2,1-2H3. The number of carbonyl (C=O) groups excluding carboxylic acids is 1. The van der Waals surface area contributed by atoms with Gasteiger partial charge in [-0.25, -0.2) is 4.79 Å². The maximum Gasteiger partial charge on any atom is 0.430 e. The number of ether oxygens (including phenoxy) is 3. The van der Waals surface area contributed by atoms with Gasteiger partial charge in [0.25, 0.3) is 0 Å². The highest BCUT2D eigenvalue weighted by atomic mass is 79.9. The molecule has 120 valence electrons. The highest BCUT2D eigenvalue weighted by molar-refractivity contribution is 9.10. The number of carbonyl (C=O) groups is 1. The molecule has 0 radical (unpaired) electrons. The predicted octanol–water partition coefficient (Wildman–Crippen LogP) is 3.73. The van der Waals surface area contributed by atoms with Crippen LogP contribution in [0.3, 0.4) is 0 Å². The summed E-state index contributed by atoms with van der Waals surface area (Å²) in [7, 11) is 1.32. The van der Waals surface area contributed by atoms with Gasteiger partial charge in [-0.05, 0) is 25.1 Å². The van der Waals surface area contributed by atoms with Gasteiger partial charge < -0.3 is 14.2 Å². The maximum absolute atomic E-state index is 13.2. The number of alkyl halides is 3. The number of methoxy groups -OCH3 is 1. The van der Waals surface area contributed by atoms with Crippen LogP contribution in [0.15, 0.2) is 22.2 Å². The van der Waals surface area contributed by atoms with E-state index in [-0.39, 0.29) is 18.1 Å². The second-order valence-corrected chi connectivity index (χ2v) is 5.21. The topological polar surface area (TPSA) is 44.8 Å². The van der Waals surface area contributed by atoms with Gasteiger partial charge in [-0.2, -0.15) is 13.2 Å². The zero-order valence-corrected chi connectivity index (χ0v) is 13.2. The average molecular weight is 381 g/mol. The fourth-order valence-electron chi connectivity index (χ4n) is 2.01. The Morgan fingerprint density at radius 1 is 1.41 bits per heavy atom. The number of esters is 1. The van der Waals surface area contributed by atoms with Gasteiger partial charge in [0.15, 0.2) is 11.5 Å². The number of rotatable bonds is 3. The SMILES string of the molecule is CCOC(=O)C1=Cc2c(Br)ccc(OC)c2OC1C(F)(F)F. The van der Waals surface area contributed by atoms with Crippen LogP contribution in [0.5, 0.6) is 11.5 Å². The average Bonchev–Trinajstić information content (AvgIpc) is 2.46. The summed E-state index contributed by atoms with van der Waals surface area (Å²) >= 11 is 3.22. The number of hydrogen-bond donors (Lipinski definition) is 0. The Labute approximate surface area is 133 Å². The van der Waals surface area contributed by atoms with Crippen LogP contribution in [0, 0.1) is 0 Å². The first kappa shape index (κ1) is 16.7. The molecule has 0 saturated carbocycles. The normalized spacial score (nSPS) is 17.2. The summed E-state index contributed by atoms with van der Waals surface area (Å²) < 4.78 is 54.8. The number of fused-ring (bicyclic) bond motifs is 1. The molecule has 0 spiro atoms. The van der Waals surface area contributed by atoms with Crippen LogP contribution < -0.4 is 9.47 Å². The molecule has 1 aromatic rings. The summed E-state index contributed by atoms with van der Waals surface area (Å²) in [6.45, 7) is 1.48. The molecule has 1 aliphatic heterocycles. The largest absolute Gasteiger partial charge is 0.493 e. The molecule has 1 atom stereocenters. The highest BCUT2D eigenvalue weighted by Crippen LogP contribution is 2.45. The Balaban J connectivity index is 2.60. The van der Waals surface area contributed by atoms with E-state index in [9.17, 15) is 18.0 Å². The summed E-state index contributed by atoms with van der Waals surface area (Å²) in [4.78, 5) is 11.8. The van der Waals surface area contributed by atoms with E-state index in [1.165, 1.54) is 20.1 Å². The second-order valence-electron chi connectivity index (χ2n) is 4.35.